The quantitative estimate of drug-likeness (QED) is 0.592. The van der Waals surface area contributed by atoms with Gasteiger partial charge in [-0.1, -0.05) is 24.3 Å². The van der Waals surface area contributed by atoms with E-state index in [0.717, 1.165) is 23.7 Å². The van der Waals surface area contributed by atoms with Crippen molar-refractivity contribution in [1.29, 1.82) is 5.26 Å². The van der Waals surface area contributed by atoms with Crippen molar-refractivity contribution in [3.8, 4) is 11.9 Å². The molecule has 0 N–H and O–H groups in total. The lowest BCUT2D eigenvalue weighted by molar-refractivity contribution is 0.300. The van der Waals surface area contributed by atoms with Crippen LogP contribution in [0.15, 0.2) is 43.0 Å². The fourth-order valence-corrected chi connectivity index (χ4v) is 1.68. The number of hydrogen-bond acceptors (Lipinski definition) is 3. The first kappa shape index (κ1) is 12.1. The smallest absolute Gasteiger partial charge is 0.232 e. The van der Waals surface area contributed by atoms with Gasteiger partial charge >= 0.3 is 0 Å². The van der Waals surface area contributed by atoms with Crippen LogP contribution in [0.4, 0.5) is 0 Å². The zero-order valence-corrected chi connectivity index (χ0v) is 10.1. The Morgan fingerprint density at radius 3 is 3.00 bits per heavy atom. The SMILES string of the molecule is C=CCCCOc1nc2ccccc2cc1C#N. The lowest BCUT2D eigenvalue weighted by Gasteiger charge is -2.07. The standard InChI is InChI=1S/C15H14N2O/c1-2-3-6-9-18-15-13(11-16)10-12-7-4-5-8-14(12)17-15/h2,4-5,7-8,10H,1,3,6,9H2. The number of nitrogens with zero attached hydrogens (tertiary/aromatic N) is 2. The molecule has 0 spiro atoms. The molecule has 0 amide bonds. The van der Waals surface area contributed by atoms with Crippen molar-refractivity contribution in [3.05, 3.63) is 48.6 Å². The molecule has 90 valence electrons. The molecule has 0 saturated heterocycles. The van der Waals surface area contributed by atoms with Crippen LogP contribution in [0.1, 0.15) is 18.4 Å². The summed E-state index contributed by atoms with van der Waals surface area (Å²) >= 11 is 0. The zero-order chi connectivity index (χ0) is 12.8. The Labute approximate surface area is 106 Å². The number of unbranched alkanes of at least 4 members (excludes halogenated alkanes) is 1. The second kappa shape index (κ2) is 5.83. The third kappa shape index (κ3) is 2.67. The van der Waals surface area contributed by atoms with Gasteiger partial charge in [-0.3, -0.25) is 0 Å². The molecule has 0 aliphatic rings. The summed E-state index contributed by atoms with van der Waals surface area (Å²) in [6, 6.07) is 11.6. The number of hydrogen-bond donors (Lipinski definition) is 0. The van der Waals surface area contributed by atoms with E-state index < -0.39 is 0 Å². The second-order valence-electron chi connectivity index (χ2n) is 3.92. The minimum Gasteiger partial charge on any atom is -0.477 e. The number of benzene rings is 1. The van der Waals surface area contributed by atoms with E-state index in [-0.39, 0.29) is 0 Å². The number of aromatic nitrogens is 1. The average Bonchev–Trinajstić information content (AvgIpc) is 2.42. The van der Waals surface area contributed by atoms with E-state index in [1.807, 2.05) is 36.4 Å². The number of pyridine rings is 1. The van der Waals surface area contributed by atoms with Crippen LogP contribution in [0.2, 0.25) is 0 Å². The molecule has 1 heterocycles. The van der Waals surface area contributed by atoms with Crippen LogP contribution in [0, 0.1) is 11.3 Å². The molecule has 0 saturated carbocycles. The van der Waals surface area contributed by atoms with Crippen molar-refractivity contribution in [2.75, 3.05) is 6.61 Å². The first-order valence-electron chi connectivity index (χ1n) is 5.88. The van der Waals surface area contributed by atoms with Gasteiger partial charge in [0.25, 0.3) is 0 Å². The maximum absolute atomic E-state index is 9.09. The van der Waals surface area contributed by atoms with Gasteiger partial charge in [-0.2, -0.15) is 5.26 Å². The predicted octanol–water partition coefficient (Wildman–Crippen LogP) is 3.45. The van der Waals surface area contributed by atoms with Crippen molar-refractivity contribution >= 4 is 10.9 Å². The first-order valence-corrected chi connectivity index (χ1v) is 5.88. The summed E-state index contributed by atoms with van der Waals surface area (Å²) in [6.45, 7) is 4.20. The molecule has 1 aromatic carbocycles. The largest absolute Gasteiger partial charge is 0.477 e. The van der Waals surface area contributed by atoms with Gasteiger partial charge < -0.3 is 4.74 Å². The van der Waals surface area contributed by atoms with Crippen molar-refractivity contribution in [3.63, 3.8) is 0 Å². The van der Waals surface area contributed by atoms with E-state index in [2.05, 4.69) is 17.6 Å². The van der Waals surface area contributed by atoms with Crippen LogP contribution < -0.4 is 4.74 Å². The summed E-state index contributed by atoms with van der Waals surface area (Å²) < 4.78 is 5.56. The molecule has 18 heavy (non-hydrogen) atoms. The highest BCUT2D eigenvalue weighted by atomic mass is 16.5. The van der Waals surface area contributed by atoms with E-state index >= 15 is 0 Å². The van der Waals surface area contributed by atoms with Crippen LogP contribution in [-0.2, 0) is 0 Å². The second-order valence-corrected chi connectivity index (χ2v) is 3.92. The van der Waals surface area contributed by atoms with Gasteiger partial charge in [0, 0.05) is 5.39 Å². The van der Waals surface area contributed by atoms with Crippen LogP contribution in [-0.4, -0.2) is 11.6 Å². The third-order valence-electron chi connectivity index (χ3n) is 2.60. The molecular weight excluding hydrogens is 224 g/mol. The van der Waals surface area contributed by atoms with Crippen molar-refractivity contribution in [1.82, 2.24) is 4.98 Å². The van der Waals surface area contributed by atoms with Gasteiger partial charge in [-0.25, -0.2) is 4.98 Å². The third-order valence-corrected chi connectivity index (χ3v) is 2.60. The highest BCUT2D eigenvalue weighted by Gasteiger charge is 2.07. The van der Waals surface area contributed by atoms with Gasteiger partial charge in [0.2, 0.25) is 5.88 Å². The molecule has 1 aromatic heterocycles. The normalized spacial score (nSPS) is 9.94. The predicted molar refractivity (Wildman–Crippen MR) is 71.4 cm³/mol. The monoisotopic (exact) mass is 238 g/mol. The van der Waals surface area contributed by atoms with Crippen molar-refractivity contribution in [2.45, 2.75) is 12.8 Å². The molecule has 0 unspecified atom stereocenters. The number of ether oxygens (including phenoxy) is 1. The summed E-state index contributed by atoms with van der Waals surface area (Å²) in [5.74, 6) is 0.417. The van der Waals surface area contributed by atoms with Crippen LogP contribution in [0.3, 0.4) is 0 Å². The maximum atomic E-state index is 9.09. The summed E-state index contributed by atoms with van der Waals surface area (Å²) in [5.41, 5.74) is 1.32. The lowest BCUT2D eigenvalue weighted by atomic mass is 10.1. The van der Waals surface area contributed by atoms with E-state index in [0.29, 0.717) is 18.1 Å². The van der Waals surface area contributed by atoms with Crippen LogP contribution >= 0.6 is 0 Å². The molecule has 2 aromatic rings. The molecule has 2 rings (SSSR count). The van der Waals surface area contributed by atoms with E-state index in [9.17, 15) is 0 Å². The Morgan fingerprint density at radius 1 is 1.39 bits per heavy atom. The van der Waals surface area contributed by atoms with Crippen molar-refractivity contribution in [2.24, 2.45) is 0 Å². The number of para-hydroxylation sites is 1. The minimum atomic E-state index is 0.417. The maximum Gasteiger partial charge on any atom is 0.232 e. The molecule has 0 aliphatic heterocycles. The average molecular weight is 238 g/mol. The summed E-state index contributed by atoms with van der Waals surface area (Å²) in [6.07, 6.45) is 3.63. The fourth-order valence-electron chi connectivity index (χ4n) is 1.68. The van der Waals surface area contributed by atoms with E-state index in [1.54, 1.807) is 0 Å². The molecule has 0 fully saturated rings. The number of fused-ring (bicyclic) bond motifs is 1. The zero-order valence-electron chi connectivity index (χ0n) is 10.1. The van der Waals surface area contributed by atoms with Gasteiger partial charge in [-0.15, -0.1) is 6.58 Å². The molecule has 0 radical (unpaired) electrons. The Morgan fingerprint density at radius 2 is 2.22 bits per heavy atom. The number of allylic oxidation sites excluding steroid dienone is 1. The van der Waals surface area contributed by atoms with E-state index in [1.165, 1.54) is 0 Å². The first-order chi connectivity index (χ1) is 8.85. The Hall–Kier alpha value is -2.34. The Kier molecular flexibility index (Phi) is 3.93. The number of rotatable bonds is 5. The topological polar surface area (TPSA) is 45.9 Å². The summed E-state index contributed by atoms with van der Waals surface area (Å²) in [4.78, 5) is 4.37. The lowest BCUT2D eigenvalue weighted by Crippen LogP contribution is -2.01. The van der Waals surface area contributed by atoms with Crippen LogP contribution in [0.5, 0.6) is 5.88 Å². The minimum absolute atomic E-state index is 0.417. The van der Waals surface area contributed by atoms with Crippen LogP contribution in [0.25, 0.3) is 10.9 Å². The Balaban J connectivity index is 2.25. The highest BCUT2D eigenvalue weighted by molar-refractivity contribution is 5.80. The van der Waals surface area contributed by atoms with E-state index in [4.69, 9.17) is 10.00 Å². The molecule has 0 atom stereocenters. The molecular formula is C15H14N2O. The highest BCUT2D eigenvalue weighted by Crippen LogP contribution is 2.21. The Bertz CT molecular complexity index is 599. The molecule has 0 bridgehead atoms. The number of nitriles is 1. The van der Waals surface area contributed by atoms with Gasteiger partial charge in [-0.05, 0) is 25.0 Å². The van der Waals surface area contributed by atoms with Gasteiger partial charge in [0.15, 0.2) is 0 Å². The summed E-state index contributed by atoms with van der Waals surface area (Å²) in [7, 11) is 0. The molecule has 0 aliphatic carbocycles. The fraction of sp³-hybridized carbons (Fsp3) is 0.200. The van der Waals surface area contributed by atoms with Crippen molar-refractivity contribution < 1.29 is 4.74 Å². The van der Waals surface area contributed by atoms with Gasteiger partial charge in [0.1, 0.15) is 11.6 Å². The summed E-state index contributed by atoms with van der Waals surface area (Å²) in [5, 5.41) is 10.0. The molecule has 3 nitrogen and oxygen atoms in total. The molecule has 3 heteroatoms. The van der Waals surface area contributed by atoms with Gasteiger partial charge in [0.05, 0.1) is 12.1 Å².